The second kappa shape index (κ2) is 3.46. The van der Waals surface area contributed by atoms with Crippen LogP contribution in [0.5, 0.6) is 0 Å². The molecule has 0 saturated carbocycles. The van der Waals surface area contributed by atoms with Gasteiger partial charge in [0, 0.05) is 7.11 Å². The van der Waals surface area contributed by atoms with E-state index in [9.17, 15) is 0 Å². The van der Waals surface area contributed by atoms with E-state index in [4.69, 9.17) is 4.74 Å². The Hall–Kier alpha value is -0.560. The van der Waals surface area contributed by atoms with E-state index in [1.54, 1.807) is 7.11 Å². The maximum atomic E-state index is 4.90. The first kappa shape index (κ1) is 6.56. The fraction of sp³-hybridized carbons (Fsp3) is 0.500. The molecule has 0 spiro atoms. The Morgan fingerprint density at radius 1 is 1.56 bits per heavy atom. The molecule has 1 aliphatic rings. The van der Waals surface area contributed by atoms with Crippen LogP contribution in [0.15, 0.2) is 23.8 Å². The lowest BCUT2D eigenvalue weighted by Gasteiger charge is -1.93. The van der Waals surface area contributed by atoms with Crippen LogP contribution in [-0.2, 0) is 4.74 Å². The van der Waals surface area contributed by atoms with Crippen molar-refractivity contribution in [3.05, 3.63) is 23.8 Å². The minimum Gasteiger partial charge on any atom is -0.381 e. The lowest BCUT2D eigenvalue weighted by molar-refractivity contribution is 0.233. The zero-order chi connectivity index (χ0) is 6.53. The number of hydrogen-bond donors (Lipinski definition) is 0. The Morgan fingerprint density at radius 3 is 2.78 bits per heavy atom. The maximum absolute atomic E-state index is 4.90. The lowest BCUT2D eigenvalue weighted by atomic mass is 10.2. The zero-order valence-corrected chi connectivity index (χ0v) is 5.76. The van der Waals surface area contributed by atoms with Crippen LogP contribution in [0.1, 0.15) is 12.8 Å². The van der Waals surface area contributed by atoms with E-state index in [0.29, 0.717) is 0 Å². The van der Waals surface area contributed by atoms with Gasteiger partial charge in [-0.25, -0.2) is 0 Å². The van der Waals surface area contributed by atoms with Crippen LogP contribution in [0.25, 0.3) is 0 Å². The first-order valence-corrected chi connectivity index (χ1v) is 3.25. The van der Waals surface area contributed by atoms with Crippen molar-refractivity contribution in [1.82, 2.24) is 0 Å². The second-order valence-electron chi connectivity index (χ2n) is 2.20. The highest BCUT2D eigenvalue weighted by Crippen LogP contribution is 2.15. The molecule has 0 bridgehead atoms. The molecule has 0 aromatic carbocycles. The minimum atomic E-state index is 0.761. The largest absolute Gasteiger partial charge is 0.381 e. The first-order chi connectivity index (χ1) is 4.43. The van der Waals surface area contributed by atoms with Crippen LogP contribution in [0.2, 0.25) is 0 Å². The fourth-order valence-electron chi connectivity index (χ4n) is 0.921. The highest BCUT2D eigenvalue weighted by atomic mass is 16.5. The molecule has 0 N–H and O–H groups in total. The van der Waals surface area contributed by atoms with E-state index in [0.717, 1.165) is 19.4 Å². The van der Waals surface area contributed by atoms with Crippen molar-refractivity contribution in [3.63, 3.8) is 0 Å². The number of allylic oxidation sites excluding steroid dienone is 3. The predicted molar refractivity (Wildman–Crippen MR) is 38.3 cm³/mol. The third kappa shape index (κ3) is 2.02. The summed E-state index contributed by atoms with van der Waals surface area (Å²) in [5, 5.41) is 0. The van der Waals surface area contributed by atoms with E-state index < -0.39 is 0 Å². The van der Waals surface area contributed by atoms with Gasteiger partial charge in [0.2, 0.25) is 0 Å². The molecule has 1 aliphatic carbocycles. The summed E-state index contributed by atoms with van der Waals surface area (Å²) in [7, 11) is 1.72. The Morgan fingerprint density at radius 2 is 2.22 bits per heavy atom. The Balaban J connectivity index is 2.26. The molecule has 1 rings (SSSR count). The van der Waals surface area contributed by atoms with Crippen molar-refractivity contribution >= 4 is 0 Å². The van der Waals surface area contributed by atoms with Crippen LogP contribution < -0.4 is 0 Å². The minimum absolute atomic E-state index is 0.761. The first-order valence-electron chi connectivity index (χ1n) is 3.25. The van der Waals surface area contributed by atoms with Gasteiger partial charge in [0.1, 0.15) is 0 Å². The molecule has 0 atom stereocenters. The highest BCUT2D eigenvalue weighted by molar-refractivity contribution is 5.17. The Bertz CT molecular complexity index is 124. The molecule has 0 aromatic heterocycles. The normalized spacial score (nSPS) is 16.8. The van der Waals surface area contributed by atoms with Crippen molar-refractivity contribution in [2.45, 2.75) is 12.8 Å². The number of methoxy groups -OCH3 is 1. The molecule has 0 fully saturated rings. The van der Waals surface area contributed by atoms with E-state index in [1.165, 1.54) is 5.57 Å². The predicted octanol–water partition coefficient (Wildman–Crippen LogP) is 1.91. The Kier molecular flexibility index (Phi) is 2.52. The standard InChI is InChI=1S/C8H12O/c1-9-7-6-8-4-2-3-5-8/h2-3,6H,4-5,7H2,1H3. The molecular formula is C8H12O. The van der Waals surface area contributed by atoms with E-state index in [-0.39, 0.29) is 0 Å². The molecule has 0 aromatic rings. The average molecular weight is 124 g/mol. The van der Waals surface area contributed by atoms with Crippen LogP contribution >= 0.6 is 0 Å². The van der Waals surface area contributed by atoms with Gasteiger partial charge in [-0.1, -0.05) is 23.8 Å². The SMILES string of the molecule is COCC=C1CC=CC1. The van der Waals surface area contributed by atoms with Gasteiger partial charge in [0.25, 0.3) is 0 Å². The van der Waals surface area contributed by atoms with E-state index >= 15 is 0 Å². The van der Waals surface area contributed by atoms with Crippen molar-refractivity contribution in [2.75, 3.05) is 13.7 Å². The summed E-state index contributed by atoms with van der Waals surface area (Å²) in [4.78, 5) is 0. The van der Waals surface area contributed by atoms with Gasteiger partial charge in [0.15, 0.2) is 0 Å². The average Bonchev–Trinajstić information content (AvgIpc) is 2.34. The fourth-order valence-corrected chi connectivity index (χ4v) is 0.921. The van der Waals surface area contributed by atoms with Crippen LogP contribution in [-0.4, -0.2) is 13.7 Å². The molecule has 9 heavy (non-hydrogen) atoms. The number of ether oxygens (including phenoxy) is 1. The quantitative estimate of drug-likeness (QED) is 0.511. The second-order valence-corrected chi connectivity index (χ2v) is 2.20. The molecule has 0 unspecified atom stereocenters. The van der Waals surface area contributed by atoms with Gasteiger partial charge in [-0.3, -0.25) is 0 Å². The molecule has 50 valence electrons. The summed E-state index contributed by atoms with van der Waals surface area (Å²) in [6, 6.07) is 0. The summed E-state index contributed by atoms with van der Waals surface area (Å²) in [6.07, 6.45) is 8.80. The smallest absolute Gasteiger partial charge is 0.0646 e. The van der Waals surface area contributed by atoms with Gasteiger partial charge in [-0.05, 0) is 12.8 Å². The molecule has 0 radical (unpaired) electrons. The summed E-state index contributed by atoms with van der Waals surface area (Å²) < 4.78 is 4.90. The monoisotopic (exact) mass is 124 g/mol. The molecule has 0 saturated heterocycles. The third-order valence-electron chi connectivity index (χ3n) is 1.47. The summed E-state index contributed by atoms with van der Waals surface area (Å²) in [5.41, 5.74) is 1.48. The van der Waals surface area contributed by atoms with E-state index in [2.05, 4.69) is 18.2 Å². The number of rotatable bonds is 2. The van der Waals surface area contributed by atoms with Crippen LogP contribution in [0, 0.1) is 0 Å². The van der Waals surface area contributed by atoms with Gasteiger partial charge in [-0.15, -0.1) is 0 Å². The molecule has 1 heteroatoms. The highest BCUT2D eigenvalue weighted by Gasteiger charge is 1.96. The topological polar surface area (TPSA) is 9.23 Å². The van der Waals surface area contributed by atoms with Gasteiger partial charge >= 0.3 is 0 Å². The van der Waals surface area contributed by atoms with Gasteiger partial charge in [0.05, 0.1) is 6.61 Å². The Labute approximate surface area is 56.0 Å². The molecular weight excluding hydrogens is 112 g/mol. The van der Waals surface area contributed by atoms with Crippen LogP contribution in [0.3, 0.4) is 0 Å². The van der Waals surface area contributed by atoms with Crippen molar-refractivity contribution in [2.24, 2.45) is 0 Å². The van der Waals surface area contributed by atoms with Crippen molar-refractivity contribution in [1.29, 1.82) is 0 Å². The molecule has 0 amide bonds. The molecule has 0 heterocycles. The maximum Gasteiger partial charge on any atom is 0.0646 e. The van der Waals surface area contributed by atoms with Crippen molar-refractivity contribution in [3.8, 4) is 0 Å². The van der Waals surface area contributed by atoms with Crippen LogP contribution in [0.4, 0.5) is 0 Å². The zero-order valence-electron chi connectivity index (χ0n) is 5.76. The summed E-state index contributed by atoms with van der Waals surface area (Å²) in [6.45, 7) is 0.761. The summed E-state index contributed by atoms with van der Waals surface area (Å²) >= 11 is 0. The van der Waals surface area contributed by atoms with Gasteiger partial charge < -0.3 is 4.74 Å². The molecule has 0 aliphatic heterocycles. The van der Waals surface area contributed by atoms with Gasteiger partial charge in [-0.2, -0.15) is 0 Å². The third-order valence-corrected chi connectivity index (χ3v) is 1.47. The summed E-state index contributed by atoms with van der Waals surface area (Å²) in [5.74, 6) is 0. The van der Waals surface area contributed by atoms with E-state index in [1.807, 2.05) is 0 Å². The molecule has 1 nitrogen and oxygen atoms in total. The lowest BCUT2D eigenvalue weighted by Crippen LogP contribution is -1.83. The number of hydrogen-bond acceptors (Lipinski definition) is 1. The van der Waals surface area contributed by atoms with Crippen molar-refractivity contribution < 1.29 is 4.74 Å².